The number of hydrogen-bond acceptors (Lipinski definition) is 27. The molecule has 46 nitrogen and oxygen atoms in total. The van der Waals surface area contributed by atoms with E-state index in [9.17, 15) is 126 Å². The molecule has 1 aliphatic rings. The van der Waals surface area contributed by atoms with Crippen LogP contribution in [0, 0.1) is 5.92 Å². The number of thiazole rings is 1. The molecule has 5 rings (SSSR count). The molecule has 47 heteroatoms. The first-order chi connectivity index (χ1) is 59.2. The number of anilines is 1. The highest BCUT2D eigenvalue weighted by atomic mass is 32.1. The smallest absolute Gasteiger partial charge is 0.329 e. The Hall–Kier alpha value is -13.6. The van der Waals surface area contributed by atoms with Gasteiger partial charge >= 0.3 is 29.8 Å². The Bertz CT molecular complexity index is 4550. The molecule has 15 amide bonds. The summed E-state index contributed by atoms with van der Waals surface area (Å²) in [6.07, 6.45) is -1.46. The Morgan fingerprint density at radius 3 is 1.76 bits per heavy atom. The maximum atomic E-state index is 15.0. The molecule has 0 aliphatic carbocycles. The van der Waals surface area contributed by atoms with Crippen LogP contribution in [0.25, 0.3) is 10.9 Å². The lowest BCUT2D eigenvalue weighted by molar-refractivity contribution is -0.156. The number of nitrogen functional groups attached to an aromatic ring is 1. The van der Waals surface area contributed by atoms with Crippen molar-refractivity contribution in [2.45, 2.75) is 222 Å². The predicted octanol–water partition coefficient (Wildman–Crippen LogP) is -5.44. The normalized spacial score (nSPS) is 20.6. The maximum absolute atomic E-state index is 15.0. The number of amides is 15. The summed E-state index contributed by atoms with van der Waals surface area (Å²) in [6.45, 7) is 0.833. The lowest BCUT2D eigenvalue weighted by atomic mass is 9.96. The van der Waals surface area contributed by atoms with Gasteiger partial charge in [0.1, 0.15) is 72.6 Å². The van der Waals surface area contributed by atoms with Gasteiger partial charge in [0.25, 0.3) is 0 Å². The molecule has 0 radical (unpaired) electrons. The fourth-order valence-electron chi connectivity index (χ4n) is 12.7. The van der Waals surface area contributed by atoms with E-state index in [1.165, 1.54) is 47.3 Å². The monoisotopic (exact) mass is 1770 g/mol. The third kappa shape index (κ3) is 35.0. The summed E-state index contributed by atoms with van der Waals surface area (Å²) in [7, 11) is 0. The van der Waals surface area contributed by atoms with Gasteiger partial charge in [-0.25, -0.2) is 4.79 Å². The van der Waals surface area contributed by atoms with Gasteiger partial charge in [-0.1, -0.05) is 82.7 Å². The van der Waals surface area contributed by atoms with E-state index in [0.29, 0.717) is 34.2 Å². The summed E-state index contributed by atoms with van der Waals surface area (Å²) < 4.78 is 5.72. The molecule has 125 heavy (non-hydrogen) atoms. The lowest BCUT2D eigenvalue weighted by Crippen LogP contribution is -2.62. The Balaban J connectivity index is 1.63. The zero-order chi connectivity index (χ0) is 92.7. The van der Waals surface area contributed by atoms with Crippen molar-refractivity contribution < 1.29 is 131 Å². The van der Waals surface area contributed by atoms with Gasteiger partial charge in [-0.2, -0.15) is 0 Å². The van der Waals surface area contributed by atoms with E-state index in [1.54, 1.807) is 30.5 Å². The fraction of sp³-hybridized carbons (Fsp3) is 0.513. The first-order valence-electron chi connectivity index (χ1n) is 39.9. The molecule has 1 fully saturated rings. The highest BCUT2D eigenvalue weighted by Gasteiger charge is 2.41. The number of cyclic esters (lactones) is 1. The van der Waals surface area contributed by atoms with Gasteiger partial charge in [0.2, 0.25) is 88.6 Å². The van der Waals surface area contributed by atoms with Gasteiger partial charge < -0.3 is 127 Å². The average Bonchev–Trinajstić information content (AvgIpc) is 1.39. The van der Waals surface area contributed by atoms with Crippen molar-refractivity contribution in [2.24, 2.45) is 17.4 Å². The molecule has 14 unspecified atom stereocenters. The number of benzene rings is 2. The van der Waals surface area contributed by atoms with Crippen LogP contribution in [-0.2, 0) is 113 Å². The molecule has 1 saturated heterocycles. The Kier molecular flexibility index (Phi) is 41.9. The zero-order valence-electron chi connectivity index (χ0n) is 68.8. The second-order valence-electron chi connectivity index (χ2n) is 29.5. The largest absolute Gasteiger partial charge is 0.481 e. The predicted molar refractivity (Wildman–Crippen MR) is 438 cm³/mol. The number of hydrogen-bond donors (Lipinski definition) is 23. The van der Waals surface area contributed by atoms with E-state index >= 15 is 0 Å². The van der Waals surface area contributed by atoms with Crippen molar-refractivity contribution in [3.63, 3.8) is 0 Å². The molecule has 682 valence electrons. The molecule has 0 bridgehead atoms. The van der Waals surface area contributed by atoms with Gasteiger partial charge in [-0.15, -0.1) is 11.3 Å². The first-order valence-corrected chi connectivity index (χ1v) is 40.7. The van der Waals surface area contributed by atoms with Gasteiger partial charge in [-0.05, 0) is 62.8 Å². The summed E-state index contributed by atoms with van der Waals surface area (Å²) in [5.41, 5.74) is 20.0. The van der Waals surface area contributed by atoms with E-state index in [-0.39, 0.29) is 43.5 Å². The molecule has 2 aromatic carbocycles. The van der Waals surface area contributed by atoms with Crippen molar-refractivity contribution in [1.29, 1.82) is 0 Å². The average molecular weight is 1770 g/mol. The van der Waals surface area contributed by atoms with Crippen LogP contribution in [0.5, 0.6) is 0 Å². The number of aliphatic carboxylic acids is 4. The first kappa shape index (κ1) is 102. The summed E-state index contributed by atoms with van der Waals surface area (Å²) in [6, 6.07) is -12.3. The summed E-state index contributed by atoms with van der Waals surface area (Å²) >= 11 is 1.20. The number of carbonyl (C=O) groups is 21. The molecule has 0 saturated carbocycles. The Morgan fingerprint density at radius 1 is 0.576 bits per heavy atom. The quantitative estimate of drug-likeness (QED) is 0.00858. The number of rotatable bonds is 39. The van der Waals surface area contributed by atoms with E-state index in [1.807, 2.05) is 16.0 Å². The standard InChI is InChI=1S/C78H107N19O27S/c1-5-6-7-8-9-10-11-22-58(101)89-49(25-41-32-84-47-20-15-13-17-43(41)47)72(117)92-50(28-57(81)100)73(118)94-53(31-64(110)111)74(119)97-66-40(4)124-78(123)54(27-56(99)44-18-12-14-19-45(44)79)95-77(122)65(38(2)24-61(104)105)96-75(120)55(36-98)90-60(103)34-85-69(114)51(29-62(106)107)91-67(112)39(3)87-71(116)52(30-63(108)109)93-70(115)48(88-59(102)35-86-76(66)121)21-16-23-83-68(113)46(80)26-42-33-82-37-125-42/h12-15,17-20,32-33,37-40,46,48-55,65-66,84,98H,5-11,16,21-31,34-36,79-80H2,1-4H3,(H2,81,100)(H,83,113)(H,85,114)(H,86,121)(H,87,116)(H,88,102)(H,89,101)(H,90,103)(H,91,112)(H,92,117)(H,93,115)(H,94,118)(H,95,122)(H,96,120)(H,97,119)(H,104,105)(H,106,107)(H,108,109)(H,110,111). The number of carbonyl (C=O) groups excluding carboxylic acids is 17. The van der Waals surface area contributed by atoms with Crippen molar-refractivity contribution >= 4 is 152 Å². The van der Waals surface area contributed by atoms with Crippen LogP contribution in [0.1, 0.15) is 151 Å². The number of esters is 1. The maximum Gasteiger partial charge on any atom is 0.329 e. The summed E-state index contributed by atoms with van der Waals surface area (Å²) in [5, 5.41) is 81.7. The Morgan fingerprint density at radius 2 is 1.14 bits per heavy atom. The number of carboxylic acid groups (broad SMARTS) is 4. The van der Waals surface area contributed by atoms with Crippen LogP contribution < -0.4 is 91.6 Å². The molecule has 14 atom stereocenters. The molecule has 3 heterocycles. The number of para-hydroxylation sites is 2. The number of carboxylic acids is 4. The molecule has 2 aromatic heterocycles. The highest BCUT2D eigenvalue weighted by molar-refractivity contribution is 7.09. The number of aliphatic hydroxyl groups excluding tert-OH is 1. The van der Waals surface area contributed by atoms with Crippen molar-refractivity contribution in [1.82, 2.24) is 84.4 Å². The number of ether oxygens (including phenoxy) is 1. The van der Waals surface area contributed by atoms with Crippen LogP contribution in [-0.4, -0.2) is 265 Å². The van der Waals surface area contributed by atoms with E-state index in [2.05, 4.69) is 75.4 Å². The minimum Gasteiger partial charge on any atom is -0.481 e. The number of primary amides is 1. The number of ketones is 1. The van der Waals surface area contributed by atoms with Crippen LogP contribution in [0.15, 0.2) is 66.4 Å². The molecule has 4 aromatic rings. The van der Waals surface area contributed by atoms with Crippen LogP contribution in [0.4, 0.5) is 5.69 Å². The minimum absolute atomic E-state index is 0.0320. The number of unbranched alkanes of at least 4 members (excludes halogenated alkanes) is 6. The van der Waals surface area contributed by atoms with E-state index in [0.717, 1.165) is 52.9 Å². The second-order valence-corrected chi connectivity index (χ2v) is 30.5. The van der Waals surface area contributed by atoms with Crippen LogP contribution >= 0.6 is 11.3 Å². The lowest BCUT2D eigenvalue weighted by Gasteiger charge is -2.30. The summed E-state index contributed by atoms with van der Waals surface area (Å²) in [5.74, 6) is -31.0. The number of Topliss-reactive ketones (excluding diaryl/α,β-unsaturated/α-hetero) is 1. The number of aromatic amines is 1. The number of fused-ring (bicyclic) bond motifs is 1. The van der Waals surface area contributed by atoms with Crippen molar-refractivity contribution in [3.05, 3.63) is 82.4 Å². The number of aromatic nitrogens is 2. The van der Waals surface area contributed by atoms with Crippen LogP contribution in [0.3, 0.4) is 0 Å². The topological polar surface area (TPSA) is 744 Å². The zero-order valence-corrected chi connectivity index (χ0v) is 69.6. The number of aliphatic hydroxyl groups is 1. The van der Waals surface area contributed by atoms with Crippen molar-refractivity contribution in [3.8, 4) is 0 Å². The number of nitrogens with zero attached hydrogens (tertiary/aromatic N) is 1. The highest BCUT2D eigenvalue weighted by Crippen LogP contribution is 2.22. The molecule has 0 spiro atoms. The van der Waals surface area contributed by atoms with Gasteiger partial charge in [-0.3, -0.25) is 101 Å². The van der Waals surface area contributed by atoms with E-state index < -0.39 is 273 Å². The molecular weight excluding hydrogens is 1670 g/mol. The second kappa shape index (κ2) is 51.4. The molecule has 1 aliphatic heterocycles. The number of nitrogens with one attached hydrogen (secondary N) is 15. The summed E-state index contributed by atoms with van der Waals surface area (Å²) in [4.78, 5) is 297. The number of nitrogens with two attached hydrogens (primary N) is 3. The van der Waals surface area contributed by atoms with Crippen LogP contribution in [0.2, 0.25) is 0 Å². The molecule has 26 N–H and O–H groups in total. The van der Waals surface area contributed by atoms with Crippen molar-refractivity contribution in [2.75, 3.05) is 32.0 Å². The van der Waals surface area contributed by atoms with Gasteiger partial charge in [0, 0.05) is 71.7 Å². The van der Waals surface area contributed by atoms with Gasteiger partial charge in [0.05, 0.1) is 63.4 Å². The minimum atomic E-state index is -2.50. The Labute approximate surface area is 718 Å². The third-order valence-electron chi connectivity index (χ3n) is 19.4. The number of H-pyrrole nitrogens is 1. The third-order valence-corrected chi connectivity index (χ3v) is 20.2. The molecular formula is C78H107N19O27S. The fourth-order valence-corrected chi connectivity index (χ4v) is 13.4. The van der Waals surface area contributed by atoms with E-state index in [4.69, 9.17) is 21.9 Å². The van der Waals surface area contributed by atoms with Gasteiger partial charge in [0.15, 0.2) is 5.78 Å². The SMILES string of the molecule is CCCCCCCCCC(=O)NC(Cc1c[nH]c2ccccc12)C(=O)NC(CC(N)=O)C(=O)NC(CC(=O)O)C(=O)NC1C(=O)NCC(=O)NC(CCCNC(=O)C(N)Cc2cncs2)C(=O)NC(CC(=O)O)C(=O)NC(C)C(=O)NC(CC(=O)O)C(=O)NCC(=O)NC(CO)C(=O)NC(C(C)CC(=O)O)C(=O)NC(CC(=O)c2ccccc2N)C(=O)OC1C.